The highest BCUT2D eigenvalue weighted by Crippen LogP contribution is 1.92. The van der Waals surface area contributed by atoms with Crippen LogP contribution in [0.15, 0.2) is 27.9 Å². The zero-order chi connectivity index (χ0) is 10.8. The van der Waals surface area contributed by atoms with E-state index in [1.165, 1.54) is 6.08 Å². The topological polar surface area (TPSA) is 81.5 Å². The van der Waals surface area contributed by atoms with Crippen LogP contribution in [0.3, 0.4) is 0 Å². The maximum atomic E-state index is 11.4. The Morgan fingerprint density at radius 3 is 2.40 bits per heavy atom. The summed E-state index contributed by atoms with van der Waals surface area (Å²) in [4.78, 5) is 30.6. The molecule has 0 bridgehead atoms. The fourth-order valence-electron chi connectivity index (χ4n) is 1.26. The molecule has 0 aliphatic rings. The fourth-order valence-corrected chi connectivity index (χ4v) is 1.26. The fraction of sp³-hybridized carbons (Fsp3) is 0. The van der Waals surface area contributed by atoms with E-state index in [0.29, 0.717) is 5.69 Å². The van der Waals surface area contributed by atoms with Crippen LogP contribution >= 0.6 is 0 Å². The Bertz CT molecular complexity index is 639. The van der Waals surface area contributed by atoms with Crippen LogP contribution in [0, 0.1) is 0 Å². The van der Waals surface area contributed by atoms with Crippen molar-refractivity contribution in [2.24, 2.45) is 0 Å². The predicted octanol–water partition coefficient (Wildman–Crippen LogP) is -1.37. The van der Waals surface area contributed by atoms with Gasteiger partial charge in [-0.2, -0.15) is 0 Å². The molecule has 0 spiro atoms. The van der Waals surface area contributed by atoms with Crippen LogP contribution in [0.1, 0.15) is 5.69 Å². The molecule has 76 valence electrons. The molecule has 5 nitrogen and oxygen atoms in total. The first-order valence-corrected chi connectivity index (χ1v) is 4.33. The molecule has 0 fully saturated rings. The van der Waals surface area contributed by atoms with Crippen LogP contribution in [-0.4, -0.2) is 15.0 Å². The highest BCUT2D eigenvalue weighted by atomic mass is 16.1. The minimum Gasteiger partial charge on any atom is -0.362 e. The SMILES string of the molecule is C=c1[nH]c(=O)c(=Cc2ccc[nH]2)c(=O)[nH]1. The van der Waals surface area contributed by atoms with Gasteiger partial charge >= 0.3 is 0 Å². The molecule has 0 saturated heterocycles. The van der Waals surface area contributed by atoms with E-state index in [1.54, 1.807) is 18.3 Å². The molecule has 0 aliphatic carbocycles. The van der Waals surface area contributed by atoms with Crippen molar-refractivity contribution in [1.82, 2.24) is 15.0 Å². The van der Waals surface area contributed by atoms with E-state index < -0.39 is 11.1 Å². The standard InChI is InChI=1S/C10H9N3O2/c1-6-12-9(14)8(10(15)13-6)5-7-3-2-4-11-7/h2-5,11H,1H2,(H,12,14)(H,13,15). The Hall–Kier alpha value is -2.30. The van der Waals surface area contributed by atoms with Crippen LogP contribution in [-0.2, 0) is 0 Å². The molecule has 0 atom stereocenters. The number of nitrogens with one attached hydrogen (secondary N) is 3. The van der Waals surface area contributed by atoms with E-state index in [9.17, 15) is 9.59 Å². The lowest BCUT2D eigenvalue weighted by atomic mass is 10.3. The second kappa shape index (κ2) is 3.45. The monoisotopic (exact) mass is 203 g/mol. The molecular weight excluding hydrogens is 194 g/mol. The highest BCUT2D eigenvalue weighted by molar-refractivity contribution is 5.43. The average Bonchev–Trinajstić information content (AvgIpc) is 2.63. The molecule has 0 amide bonds. The van der Waals surface area contributed by atoms with Gasteiger partial charge in [0.05, 0.1) is 0 Å². The van der Waals surface area contributed by atoms with E-state index in [1.807, 2.05) is 0 Å². The van der Waals surface area contributed by atoms with Crippen molar-refractivity contribution < 1.29 is 0 Å². The summed E-state index contributed by atoms with van der Waals surface area (Å²) in [6.45, 7) is 3.45. The van der Waals surface area contributed by atoms with Crippen LogP contribution < -0.4 is 21.8 Å². The second-order valence-electron chi connectivity index (χ2n) is 3.07. The summed E-state index contributed by atoms with van der Waals surface area (Å²) in [5.74, 6) is 0. The second-order valence-corrected chi connectivity index (χ2v) is 3.07. The average molecular weight is 203 g/mol. The quantitative estimate of drug-likeness (QED) is 0.534. The first-order chi connectivity index (χ1) is 7.16. The summed E-state index contributed by atoms with van der Waals surface area (Å²) in [6, 6.07) is 3.54. The largest absolute Gasteiger partial charge is 0.362 e. The van der Waals surface area contributed by atoms with Gasteiger partial charge in [-0.15, -0.1) is 0 Å². The Morgan fingerprint density at radius 2 is 1.87 bits per heavy atom. The first kappa shape index (κ1) is 9.26. The maximum absolute atomic E-state index is 11.4. The molecule has 0 aliphatic heterocycles. The Labute approximate surface area is 83.8 Å². The molecule has 3 N–H and O–H groups in total. The van der Waals surface area contributed by atoms with Gasteiger partial charge in [0.2, 0.25) is 0 Å². The first-order valence-electron chi connectivity index (χ1n) is 4.33. The normalized spacial score (nSPS) is 10.1. The molecule has 0 aromatic carbocycles. The molecule has 0 unspecified atom stereocenters. The van der Waals surface area contributed by atoms with Crippen molar-refractivity contribution in [1.29, 1.82) is 0 Å². The summed E-state index contributed by atoms with van der Waals surface area (Å²) < 4.78 is 0. The molecule has 0 saturated carbocycles. The third-order valence-corrected chi connectivity index (χ3v) is 1.94. The Morgan fingerprint density at radius 1 is 1.20 bits per heavy atom. The van der Waals surface area contributed by atoms with Gasteiger partial charge in [0.15, 0.2) is 0 Å². The predicted molar refractivity (Wildman–Crippen MR) is 56.8 cm³/mol. The third kappa shape index (κ3) is 1.80. The molecule has 2 aromatic rings. The van der Waals surface area contributed by atoms with Crippen molar-refractivity contribution in [3.8, 4) is 0 Å². The van der Waals surface area contributed by atoms with E-state index >= 15 is 0 Å². The summed E-state index contributed by atoms with van der Waals surface area (Å²) in [5, 5.41) is 0.0600. The molecule has 2 heterocycles. The molecule has 2 rings (SSSR count). The Balaban J connectivity index is 2.80. The smallest absolute Gasteiger partial charge is 0.262 e. The lowest BCUT2D eigenvalue weighted by Crippen LogP contribution is -2.47. The van der Waals surface area contributed by atoms with Crippen molar-refractivity contribution in [2.45, 2.75) is 0 Å². The van der Waals surface area contributed by atoms with Gasteiger partial charge in [-0.3, -0.25) is 9.59 Å². The lowest BCUT2D eigenvalue weighted by molar-refractivity contribution is 0.992. The number of H-pyrrole nitrogens is 3. The van der Waals surface area contributed by atoms with Crippen molar-refractivity contribution in [3.05, 3.63) is 55.4 Å². The van der Waals surface area contributed by atoms with E-state index in [-0.39, 0.29) is 10.7 Å². The van der Waals surface area contributed by atoms with Crippen LogP contribution in [0.5, 0.6) is 0 Å². The van der Waals surface area contributed by atoms with Gasteiger partial charge in [-0.1, -0.05) is 6.58 Å². The van der Waals surface area contributed by atoms with E-state index in [0.717, 1.165) is 0 Å². The van der Waals surface area contributed by atoms with E-state index in [4.69, 9.17) is 0 Å². The number of rotatable bonds is 1. The summed E-state index contributed by atoms with van der Waals surface area (Å²) >= 11 is 0. The lowest BCUT2D eigenvalue weighted by Gasteiger charge is -1.87. The maximum Gasteiger partial charge on any atom is 0.262 e. The van der Waals surface area contributed by atoms with Crippen LogP contribution in [0.2, 0.25) is 0 Å². The molecule has 5 heteroatoms. The van der Waals surface area contributed by atoms with Gasteiger partial charge in [0, 0.05) is 11.9 Å². The van der Waals surface area contributed by atoms with Gasteiger partial charge in [-0.05, 0) is 18.2 Å². The third-order valence-electron chi connectivity index (χ3n) is 1.94. The summed E-state index contributed by atoms with van der Waals surface area (Å²) in [6.07, 6.45) is 3.20. The van der Waals surface area contributed by atoms with Gasteiger partial charge < -0.3 is 15.0 Å². The summed E-state index contributed by atoms with van der Waals surface area (Å²) in [7, 11) is 0. The minimum atomic E-state index is -0.446. The van der Waals surface area contributed by atoms with Crippen LogP contribution in [0.4, 0.5) is 0 Å². The highest BCUT2D eigenvalue weighted by Gasteiger charge is 1.96. The number of aromatic nitrogens is 3. The number of aromatic amines is 3. The minimum absolute atomic E-state index is 0.0600. The van der Waals surface area contributed by atoms with Crippen molar-refractivity contribution >= 4 is 12.7 Å². The zero-order valence-corrected chi connectivity index (χ0v) is 7.83. The van der Waals surface area contributed by atoms with Crippen molar-refractivity contribution in [2.75, 3.05) is 0 Å². The van der Waals surface area contributed by atoms with Gasteiger partial charge in [0.1, 0.15) is 10.7 Å². The molecule has 15 heavy (non-hydrogen) atoms. The van der Waals surface area contributed by atoms with Crippen molar-refractivity contribution in [3.63, 3.8) is 0 Å². The van der Waals surface area contributed by atoms with Crippen LogP contribution in [0.25, 0.3) is 12.7 Å². The van der Waals surface area contributed by atoms with Gasteiger partial charge in [-0.25, -0.2) is 0 Å². The molecule has 2 aromatic heterocycles. The van der Waals surface area contributed by atoms with Gasteiger partial charge in [0.25, 0.3) is 11.1 Å². The van der Waals surface area contributed by atoms with E-state index in [2.05, 4.69) is 21.5 Å². The zero-order valence-electron chi connectivity index (χ0n) is 7.83. The molecular formula is C10H9N3O2. The Kier molecular flexibility index (Phi) is 2.13. The number of hydrogen-bond donors (Lipinski definition) is 3. The molecule has 0 radical (unpaired) electrons. The number of hydrogen-bond acceptors (Lipinski definition) is 2. The summed E-state index contributed by atoms with van der Waals surface area (Å²) in [5.41, 5.74) is 0.00754.